The topological polar surface area (TPSA) is 93.6 Å². The van der Waals surface area contributed by atoms with E-state index >= 15 is 0 Å². The number of esters is 1. The van der Waals surface area contributed by atoms with E-state index in [0.29, 0.717) is 46.2 Å². The number of hydrogen-bond acceptors (Lipinski definition) is 8. The van der Waals surface area contributed by atoms with Gasteiger partial charge in [-0.05, 0) is 31.5 Å². The van der Waals surface area contributed by atoms with Crippen LogP contribution in [0.2, 0.25) is 10.0 Å². The molecule has 1 aliphatic heterocycles. The second-order valence-corrected chi connectivity index (χ2v) is 9.20. The van der Waals surface area contributed by atoms with Gasteiger partial charge in [-0.25, -0.2) is 14.8 Å². The third-order valence-corrected chi connectivity index (χ3v) is 6.53. The first-order valence-electron chi connectivity index (χ1n) is 10.5. The molecule has 1 N–H and O–H groups in total. The van der Waals surface area contributed by atoms with E-state index in [-0.39, 0.29) is 24.4 Å². The van der Waals surface area contributed by atoms with Crippen molar-refractivity contribution in [3.8, 4) is 0 Å². The van der Waals surface area contributed by atoms with Gasteiger partial charge in [0.2, 0.25) is 5.91 Å². The molecule has 2 aromatic rings. The lowest BCUT2D eigenvalue weighted by atomic mass is 10.2. The van der Waals surface area contributed by atoms with Gasteiger partial charge in [-0.1, -0.05) is 41.0 Å². The Labute approximate surface area is 207 Å². The van der Waals surface area contributed by atoms with Crippen molar-refractivity contribution in [1.82, 2.24) is 20.2 Å². The van der Waals surface area contributed by atoms with Crippen molar-refractivity contribution in [3.63, 3.8) is 0 Å². The Morgan fingerprint density at radius 1 is 1.33 bits per heavy atom. The standard InChI is InChI=1S/C22H26Cl2N4O4S/c1-3-31-21(30)17-10-26-22(27-14(17)2)33-13-20(29)25-9-16-12-28(6-7-32-16)11-15-4-5-18(23)19(24)8-15/h4-5,8,10,16H,3,6-7,9,11-13H2,1-2H3,(H,25,29). The van der Waals surface area contributed by atoms with Crippen LogP contribution in [0.4, 0.5) is 0 Å². The number of amides is 1. The molecule has 178 valence electrons. The quantitative estimate of drug-likeness (QED) is 0.310. The van der Waals surface area contributed by atoms with Crippen molar-refractivity contribution in [2.45, 2.75) is 31.7 Å². The Bertz CT molecular complexity index is 995. The smallest absolute Gasteiger partial charge is 0.341 e. The molecule has 1 atom stereocenters. The molecule has 2 heterocycles. The van der Waals surface area contributed by atoms with Crippen LogP contribution in [0, 0.1) is 6.92 Å². The monoisotopic (exact) mass is 512 g/mol. The number of halogens is 2. The highest BCUT2D eigenvalue weighted by Gasteiger charge is 2.21. The first-order chi connectivity index (χ1) is 15.9. The zero-order chi connectivity index (χ0) is 23.8. The fourth-order valence-electron chi connectivity index (χ4n) is 3.28. The predicted molar refractivity (Wildman–Crippen MR) is 128 cm³/mol. The van der Waals surface area contributed by atoms with Crippen LogP contribution in [0.3, 0.4) is 0 Å². The summed E-state index contributed by atoms with van der Waals surface area (Å²) in [5, 5.41) is 4.41. The lowest BCUT2D eigenvalue weighted by Crippen LogP contribution is -2.47. The summed E-state index contributed by atoms with van der Waals surface area (Å²) in [5.41, 5.74) is 1.92. The van der Waals surface area contributed by atoms with Gasteiger partial charge < -0.3 is 14.8 Å². The van der Waals surface area contributed by atoms with Gasteiger partial charge in [0.15, 0.2) is 5.16 Å². The fraction of sp³-hybridized carbons (Fsp3) is 0.455. The fourth-order valence-corrected chi connectivity index (χ4v) is 4.29. The number of nitrogens with one attached hydrogen (secondary N) is 1. The number of carbonyl (C=O) groups is 2. The average Bonchev–Trinajstić information content (AvgIpc) is 2.79. The van der Waals surface area contributed by atoms with Gasteiger partial charge in [0.25, 0.3) is 0 Å². The van der Waals surface area contributed by atoms with Crippen molar-refractivity contribution in [1.29, 1.82) is 0 Å². The van der Waals surface area contributed by atoms with Crippen LogP contribution in [-0.4, -0.2) is 71.4 Å². The largest absolute Gasteiger partial charge is 0.462 e. The Morgan fingerprint density at radius 2 is 2.15 bits per heavy atom. The summed E-state index contributed by atoms with van der Waals surface area (Å²) in [6.45, 7) is 6.98. The molecule has 0 radical (unpaired) electrons. The number of aryl methyl sites for hydroxylation is 1. The summed E-state index contributed by atoms with van der Waals surface area (Å²) in [5.74, 6) is -0.427. The van der Waals surface area contributed by atoms with Gasteiger partial charge in [-0.3, -0.25) is 9.69 Å². The number of morpholine rings is 1. The third kappa shape index (κ3) is 7.82. The first kappa shape index (κ1) is 25.7. The highest BCUT2D eigenvalue weighted by Crippen LogP contribution is 2.23. The van der Waals surface area contributed by atoms with Crippen LogP contribution < -0.4 is 5.32 Å². The van der Waals surface area contributed by atoms with Crippen LogP contribution in [0.25, 0.3) is 0 Å². The number of nitrogens with zero attached hydrogens (tertiary/aromatic N) is 3. The molecule has 11 heteroatoms. The molecular weight excluding hydrogens is 487 g/mol. The number of thioether (sulfide) groups is 1. The molecule has 1 unspecified atom stereocenters. The Morgan fingerprint density at radius 3 is 2.88 bits per heavy atom. The van der Waals surface area contributed by atoms with Crippen molar-refractivity contribution in [2.24, 2.45) is 0 Å². The van der Waals surface area contributed by atoms with Crippen LogP contribution in [0.5, 0.6) is 0 Å². The number of aromatic nitrogens is 2. The predicted octanol–water partition coefficient (Wildman–Crippen LogP) is 3.38. The van der Waals surface area contributed by atoms with Gasteiger partial charge in [0.1, 0.15) is 0 Å². The molecule has 3 rings (SSSR count). The second-order valence-electron chi connectivity index (χ2n) is 7.44. The van der Waals surface area contributed by atoms with Crippen LogP contribution in [-0.2, 0) is 20.8 Å². The molecule has 33 heavy (non-hydrogen) atoms. The van der Waals surface area contributed by atoms with Gasteiger partial charge in [0.05, 0.1) is 46.4 Å². The van der Waals surface area contributed by atoms with E-state index in [4.69, 9.17) is 32.7 Å². The van der Waals surface area contributed by atoms with Crippen LogP contribution in [0.15, 0.2) is 29.6 Å². The van der Waals surface area contributed by atoms with Crippen LogP contribution in [0.1, 0.15) is 28.5 Å². The first-order valence-corrected chi connectivity index (χ1v) is 12.3. The van der Waals surface area contributed by atoms with Crippen molar-refractivity contribution >= 4 is 46.8 Å². The summed E-state index contributed by atoms with van der Waals surface area (Å²) in [4.78, 5) is 34.8. The highest BCUT2D eigenvalue weighted by molar-refractivity contribution is 7.99. The molecule has 1 amide bonds. The number of rotatable bonds is 9. The second kappa shape index (κ2) is 12.5. The molecule has 0 aliphatic carbocycles. The number of carbonyl (C=O) groups excluding carboxylic acids is 2. The van der Waals surface area contributed by atoms with Gasteiger partial charge >= 0.3 is 5.97 Å². The lowest BCUT2D eigenvalue weighted by molar-refractivity contribution is -0.119. The Kier molecular flexibility index (Phi) is 9.76. The molecular formula is C22H26Cl2N4O4S. The number of hydrogen-bond donors (Lipinski definition) is 1. The molecule has 1 aliphatic rings. The molecule has 1 aromatic heterocycles. The van der Waals surface area contributed by atoms with E-state index in [1.54, 1.807) is 19.9 Å². The zero-order valence-corrected chi connectivity index (χ0v) is 20.8. The minimum Gasteiger partial charge on any atom is -0.462 e. The minimum atomic E-state index is -0.454. The summed E-state index contributed by atoms with van der Waals surface area (Å²) >= 11 is 13.3. The molecule has 8 nitrogen and oxygen atoms in total. The molecule has 0 bridgehead atoms. The Balaban J connectivity index is 1.42. The number of benzene rings is 1. The van der Waals surface area contributed by atoms with Gasteiger partial charge in [-0.15, -0.1) is 0 Å². The summed E-state index contributed by atoms with van der Waals surface area (Å²) < 4.78 is 10.8. The average molecular weight is 513 g/mol. The molecule has 0 spiro atoms. The van der Waals surface area contributed by atoms with Crippen molar-refractivity contribution in [2.75, 3.05) is 38.6 Å². The zero-order valence-electron chi connectivity index (χ0n) is 18.5. The SMILES string of the molecule is CCOC(=O)c1cnc(SCC(=O)NCC2CN(Cc3ccc(Cl)c(Cl)c3)CCO2)nc1C. The normalized spacial score (nSPS) is 16.4. The van der Waals surface area contributed by atoms with E-state index in [0.717, 1.165) is 18.7 Å². The summed E-state index contributed by atoms with van der Waals surface area (Å²) in [6, 6.07) is 5.63. The molecule has 1 fully saturated rings. The maximum absolute atomic E-state index is 12.3. The van der Waals surface area contributed by atoms with E-state index in [1.807, 2.05) is 12.1 Å². The summed E-state index contributed by atoms with van der Waals surface area (Å²) in [7, 11) is 0. The highest BCUT2D eigenvalue weighted by atomic mass is 35.5. The van der Waals surface area contributed by atoms with E-state index in [2.05, 4.69) is 20.2 Å². The Hall–Kier alpha value is -1.91. The maximum atomic E-state index is 12.3. The molecule has 1 saturated heterocycles. The lowest BCUT2D eigenvalue weighted by Gasteiger charge is -2.33. The molecule has 0 saturated carbocycles. The van der Waals surface area contributed by atoms with Crippen molar-refractivity contribution < 1.29 is 19.1 Å². The van der Waals surface area contributed by atoms with Gasteiger partial charge in [-0.2, -0.15) is 0 Å². The minimum absolute atomic E-state index is 0.0992. The maximum Gasteiger partial charge on any atom is 0.341 e. The van der Waals surface area contributed by atoms with E-state index in [1.165, 1.54) is 18.0 Å². The van der Waals surface area contributed by atoms with E-state index in [9.17, 15) is 9.59 Å². The third-order valence-electron chi connectivity index (χ3n) is 4.92. The van der Waals surface area contributed by atoms with Gasteiger partial charge in [0, 0.05) is 32.4 Å². The van der Waals surface area contributed by atoms with Crippen molar-refractivity contribution in [3.05, 3.63) is 51.3 Å². The summed E-state index contributed by atoms with van der Waals surface area (Å²) in [6.07, 6.45) is 1.33. The molecule has 1 aromatic carbocycles. The van der Waals surface area contributed by atoms with E-state index < -0.39 is 5.97 Å². The number of ether oxygens (including phenoxy) is 2. The van der Waals surface area contributed by atoms with Crippen LogP contribution >= 0.6 is 35.0 Å².